The highest BCUT2D eigenvalue weighted by Crippen LogP contribution is 2.36. The van der Waals surface area contributed by atoms with Gasteiger partial charge in [0.1, 0.15) is 0 Å². The molecule has 3 rings (SSSR count). The number of piperazine rings is 1. The van der Waals surface area contributed by atoms with Crippen LogP contribution in [-0.4, -0.2) is 56.7 Å². The largest absolute Gasteiger partial charge is 0.502 e. The summed E-state index contributed by atoms with van der Waals surface area (Å²) in [7, 11) is 3.02. The van der Waals surface area contributed by atoms with Crippen LogP contribution < -0.4 is 14.4 Å². The molecule has 0 bridgehead atoms. The molecule has 2 aromatic rings. The third-order valence-electron chi connectivity index (χ3n) is 4.25. The van der Waals surface area contributed by atoms with Gasteiger partial charge in [-0.15, -0.1) is 0 Å². The zero-order valence-electron chi connectivity index (χ0n) is 14.6. The van der Waals surface area contributed by atoms with Gasteiger partial charge in [0.25, 0.3) is 0 Å². The Kier molecular flexibility index (Phi) is 5.28. The molecule has 0 saturated carbocycles. The minimum atomic E-state index is -0.00127. The highest BCUT2D eigenvalue weighted by atomic mass is 16.5. The first-order valence-corrected chi connectivity index (χ1v) is 8.25. The van der Waals surface area contributed by atoms with Crippen LogP contribution in [0.4, 0.5) is 5.69 Å². The van der Waals surface area contributed by atoms with E-state index < -0.39 is 0 Å². The number of nitrogens with zero attached hydrogens (tertiary/aromatic N) is 3. The molecule has 1 fully saturated rings. The van der Waals surface area contributed by atoms with Crippen molar-refractivity contribution < 1.29 is 14.6 Å². The molecule has 0 amide bonds. The molecular formula is C19H23N3O3. The Morgan fingerprint density at radius 2 is 1.56 bits per heavy atom. The van der Waals surface area contributed by atoms with E-state index in [-0.39, 0.29) is 5.75 Å². The molecule has 1 saturated heterocycles. The van der Waals surface area contributed by atoms with Gasteiger partial charge in [0.15, 0.2) is 11.5 Å². The Labute approximate surface area is 147 Å². The molecule has 0 radical (unpaired) electrons. The van der Waals surface area contributed by atoms with Crippen molar-refractivity contribution in [1.82, 2.24) is 5.01 Å². The van der Waals surface area contributed by atoms with Gasteiger partial charge in [-0.25, -0.2) is 0 Å². The van der Waals surface area contributed by atoms with E-state index in [0.717, 1.165) is 31.7 Å². The van der Waals surface area contributed by atoms with Crippen LogP contribution in [0.15, 0.2) is 47.6 Å². The van der Waals surface area contributed by atoms with E-state index in [2.05, 4.69) is 34.3 Å². The van der Waals surface area contributed by atoms with Crippen molar-refractivity contribution >= 4 is 11.9 Å². The van der Waals surface area contributed by atoms with Gasteiger partial charge in [0, 0.05) is 24.3 Å². The van der Waals surface area contributed by atoms with Gasteiger partial charge in [-0.05, 0) is 24.3 Å². The fourth-order valence-corrected chi connectivity index (χ4v) is 2.84. The van der Waals surface area contributed by atoms with Crippen molar-refractivity contribution in [2.24, 2.45) is 5.10 Å². The standard InChI is InChI=1S/C19H23N3O3/c1-24-17-12-15(13-18(25-2)19(17)23)14-20-22-10-8-21(9-11-22)16-6-4-3-5-7-16/h3-7,12-14,23H,8-11H2,1-2H3/b20-14+. The first-order valence-electron chi connectivity index (χ1n) is 8.25. The Bertz CT molecular complexity index is 701. The van der Waals surface area contributed by atoms with Gasteiger partial charge in [0.2, 0.25) is 5.75 Å². The fourth-order valence-electron chi connectivity index (χ4n) is 2.84. The van der Waals surface area contributed by atoms with Crippen molar-refractivity contribution in [3.8, 4) is 17.2 Å². The number of phenolic OH excluding ortho intramolecular Hbond substituents is 1. The van der Waals surface area contributed by atoms with Crippen LogP contribution in [0.3, 0.4) is 0 Å². The topological polar surface area (TPSA) is 57.5 Å². The minimum absolute atomic E-state index is 0.00127. The summed E-state index contributed by atoms with van der Waals surface area (Å²) in [5, 5.41) is 16.6. The number of aromatic hydroxyl groups is 1. The van der Waals surface area contributed by atoms with Gasteiger partial charge in [-0.3, -0.25) is 5.01 Å². The number of phenols is 1. The van der Waals surface area contributed by atoms with Crippen LogP contribution in [0.25, 0.3) is 0 Å². The lowest BCUT2D eigenvalue weighted by Gasteiger charge is -2.34. The highest BCUT2D eigenvalue weighted by Gasteiger charge is 2.15. The molecular weight excluding hydrogens is 318 g/mol. The Balaban J connectivity index is 1.64. The lowest BCUT2D eigenvalue weighted by atomic mass is 10.2. The minimum Gasteiger partial charge on any atom is -0.502 e. The summed E-state index contributed by atoms with van der Waals surface area (Å²) in [4.78, 5) is 2.36. The van der Waals surface area contributed by atoms with Crippen LogP contribution in [0, 0.1) is 0 Å². The number of anilines is 1. The summed E-state index contributed by atoms with van der Waals surface area (Å²) >= 11 is 0. The quantitative estimate of drug-likeness (QED) is 0.847. The normalized spacial score (nSPS) is 14.8. The maximum absolute atomic E-state index is 9.96. The first kappa shape index (κ1) is 17.0. The number of hydrogen-bond donors (Lipinski definition) is 1. The molecule has 2 aromatic carbocycles. The van der Waals surface area contributed by atoms with E-state index in [1.54, 1.807) is 18.3 Å². The number of methoxy groups -OCH3 is 2. The van der Waals surface area contributed by atoms with Gasteiger partial charge < -0.3 is 19.5 Å². The summed E-state index contributed by atoms with van der Waals surface area (Å²) in [5.41, 5.74) is 2.07. The first-order chi connectivity index (χ1) is 12.2. The second kappa shape index (κ2) is 7.79. The number of hydrogen-bond acceptors (Lipinski definition) is 6. The molecule has 25 heavy (non-hydrogen) atoms. The van der Waals surface area contributed by atoms with Crippen molar-refractivity contribution in [1.29, 1.82) is 0 Å². The van der Waals surface area contributed by atoms with Gasteiger partial charge >= 0.3 is 0 Å². The van der Waals surface area contributed by atoms with Gasteiger partial charge in [-0.1, -0.05) is 18.2 Å². The Morgan fingerprint density at radius 3 is 2.12 bits per heavy atom. The van der Waals surface area contributed by atoms with E-state index in [1.807, 2.05) is 11.1 Å². The van der Waals surface area contributed by atoms with Gasteiger partial charge in [0.05, 0.1) is 33.5 Å². The summed E-state index contributed by atoms with van der Waals surface area (Å²) in [6.45, 7) is 3.59. The third kappa shape index (κ3) is 3.96. The van der Waals surface area contributed by atoms with Crippen molar-refractivity contribution in [2.75, 3.05) is 45.3 Å². The molecule has 1 aliphatic heterocycles. The molecule has 1 N–H and O–H groups in total. The predicted octanol–water partition coefficient (Wildman–Crippen LogP) is 2.57. The van der Waals surface area contributed by atoms with Crippen LogP contribution in [0.5, 0.6) is 17.2 Å². The average molecular weight is 341 g/mol. The smallest absolute Gasteiger partial charge is 0.200 e. The number of para-hydroxylation sites is 1. The molecule has 0 unspecified atom stereocenters. The van der Waals surface area contributed by atoms with E-state index in [1.165, 1.54) is 19.9 Å². The lowest BCUT2D eigenvalue weighted by Crippen LogP contribution is -2.44. The lowest BCUT2D eigenvalue weighted by molar-refractivity contribution is 0.272. The molecule has 0 aliphatic carbocycles. The number of benzene rings is 2. The second-order valence-electron chi connectivity index (χ2n) is 5.79. The van der Waals surface area contributed by atoms with Crippen LogP contribution >= 0.6 is 0 Å². The maximum Gasteiger partial charge on any atom is 0.200 e. The number of rotatable bonds is 5. The van der Waals surface area contributed by atoms with E-state index in [4.69, 9.17) is 9.47 Å². The van der Waals surface area contributed by atoms with Crippen molar-refractivity contribution in [2.45, 2.75) is 0 Å². The molecule has 6 nitrogen and oxygen atoms in total. The molecule has 0 spiro atoms. The highest BCUT2D eigenvalue weighted by molar-refractivity contribution is 5.82. The van der Waals surface area contributed by atoms with E-state index in [0.29, 0.717) is 11.5 Å². The van der Waals surface area contributed by atoms with Crippen molar-refractivity contribution in [3.63, 3.8) is 0 Å². The molecule has 132 valence electrons. The molecule has 1 heterocycles. The molecule has 6 heteroatoms. The Morgan fingerprint density at radius 1 is 0.960 bits per heavy atom. The maximum atomic E-state index is 9.96. The van der Waals surface area contributed by atoms with Crippen LogP contribution in [-0.2, 0) is 0 Å². The summed E-state index contributed by atoms with van der Waals surface area (Å²) in [6, 6.07) is 13.9. The van der Waals surface area contributed by atoms with Crippen LogP contribution in [0.1, 0.15) is 5.56 Å². The zero-order valence-corrected chi connectivity index (χ0v) is 14.6. The number of hydrazone groups is 1. The molecule has 0 atom stereocenters. The monoisotopic (exact) mass is 341 g/mol. The average Bonchev–Trinajstić information content (AvgIpc) is 2.68. The fraction of sp³-hybridized carbons (Fsp3) is 0.316. The van der Waals surface area contributed by atoms with Crippen LogP contribution in [0.2, 0.25) is 0 Å². The second-order valence-corrected chi connectivity index (χ2v) is 5.79. The summed E-state index contributed by atoms with van der Waals surface area (Å²) in [5.74, 6) is 0.739. The molecule has 0 aromatic heterocycles. The third-order valence-corrected chi connectivity index (χ3v) is 4.25. The van der Waals surface area contributed by atoms with Gasteiger partial charge in [-0.2, -0.15) is 5.10 Å². The zero-order chi connectivity index (χ0) is 17.6. The predicted molar refractivity (Wildman–Crippen MR) is 99.0 cm³/mol. The van der Waals surface area contributed by atoms with Crippen molar-refractivity contribution in [3.05, 3.63) is 48.0 Å². The summed E-state index contributed by atoms with van der Waals surface area (Å²) in [6.07, 6.45) is 1.77. The Hall–Kier alpha value is -2.89. The summed E-state index contributed by atoms with van der Waals surface area (Å²) < 4.78 is 10.3. The SMILES string of the molecule is COc1cc(/C=N/N2CCN(c3ccccc3)CC2)cc(OC)c1O. The van der Waals surface area contributed by atoms with E-state index >= 15 is 0 Å². The van der Waals surface area contributed by atoms with E-state index in [9.17, 15) is 5.11 Å². The number of ether oxygens (including phenoxy) is 2. The molecule has 1 aliphatic rings.